The Morgan fingerprint density at radius 1 is 0.680 bits per heavy atom. The van der Waals surface area contributed by atoms with Crippen molar-refractivity contribution < 1.29 is 58.2 Å². The van der Waals surface area contributed by atoms with Crippen molar-refractivity contribution in [3.8, 4) is 0 Å². The first-order valence-corrected chi connectivity index (χ1v) is 25.5. The van der Waals surface area contributed by atoms with Gasteiger partial charge in [0.05, 0.1) is 18.6 Å². The number of hydrogen-bond donors (Lipinski definition) is 14. The Bertz CT molecular complexity index is 2220. The number of nitrogens with two attached hydrogens (primary N) is 3. The number of nitrogens with one attached hydrogen (secondary N) is 9. The van der Waals surface area contributed by atoms with E-state index in [9.17, 15) is 58.2 Å². The molecular formula is C51H78N12O12. The number of aliphatic hydroxyl groups excluding tert-OH is 2. The van der Waals surface area contributed by atoms with E-state index in [0.29, 0.717) is 17.6 Å². The fraction of sp³-hybridized carbons (Fsp3) is 0.569. The van der Waals surface area contributed by atoms with E-state index in [-0.39, 0.29) is 76.3 Å². The molecule has 1 heterocycles. The summed E-state index contributed by atoms with van der Waals surface area (Å²) >= 11 is 0. The van der Waals surface area contributed by atoms with E-state index >= 15 is 0 Å². The lowest BCUT2D eigenvalue weighted by molar-refractivity contribution is -0.136. The predicted octanol–water partition coefficient (Wildman–Crippen LogP) is -3.48. The monoisotopic (exact) mass is 1050 g/mol. The summed E-state index contributed by atoms with van der Waals surface area (Å²) in [5.74, 6) is -8.95. The molecule has 0 aromatic heterocycles. The van der Waals surface area contributed by atoms with Crippen LogP contribution in [0.3, 0.4) is 0 Å². The van der Waals surface area contributed by atoms with Crippen LogP contribution >= 0.6 is 0 Å². The summed E-state index contributed by atoms with van der Waals surface area (Å²) < 4.78 is 0. The molecule has 0 saturated carbocycles. The SMILES string of the molecule is CCC(/C=C1/C=C\C=C\C(=O)CC1)C(=O)N[C@H](CO)C(=O)N[C@H]1CCNC(=O)[C@H]([C@@H](C)O)NC(=O)[C@H](CCN)NC(=O)[C@H](CCN)NC(=O)[C@H](CC(C)C)NC(=O)[C@@H](Cc2ccccc2)NC(=O)[C@H](CCN)NC1=O. The van der Waals surface area contributed by atoms with E-state index < -0.39 is 133 Å². The van der Waals surface area contributed by atoms with Gasteiger partial charge in [0, 0.05) is 19.4 Å². The summed E-state index contributed by atoms with van der Waals surface area (Å²) in [6.45, 7) is 4.82. The molecule has 3 rings (SSSR count). The molecule has 1 aliphatic carbocycles. The highest BCUT2D eigenvalue weighted by molar-refractivity contribution is 5.98. The lowest BCUT2D eigenvalue weighted by Gasteiger charge is -2.28. The Balaban J connectivity index is 2.09. The fourth-order valence-electron chi connectivity index (χ4n) is 8.11. The maximum absolute atomic E-state index is 14.3. The van der Waals surface area contributed by atoms with Gasteiger partial charge in [0.2, 0.25) is 53.2 Å². The number of allylic oxidation sites excluding steroid dienone is 5. The predicted molar refractivity (Wildman–Crippen MR) is 277 cm³/mol. The number of rotatable bonds is 18. The number of benzene rings is 1. The zero-order chi connectivity index (χ0) is 55.6. The first-order chi connectivity index (χ1) is 35.7. The third kappa shape index (κ3) is 21.1. The number of aliphatic hydroxyl groups is 2. The van der Waals surface area contributed by atoms with Gasteiger partial charge in [-0.05, 0) is 89.1 Å². The van der Waals surface area contributed by atoms with Gasteiger partial charge in [0.1, 0.15) is 48.3 Å². The highest BCUT2D eigenvalue weighted by Crippen LogP contribution is 2.17. The smallest absolute Gasteiger partial charge is 0.245 e. The highest BCUT2D eigenvalue weighted by Gasteiger charge is 2.36. The lowest BCUT2D eigenvalue weighted by atomic mass is 9.96. The Hall–Kier alpha value is -6.86. The molecule has 1 aromatic carbocycles. The van der Waals surface area contributed by atoms with Crippen molar-refractivity contribution in [2.75, 3.05) is 32.8 Å². The molecule has 414 valence electrons. The number of carbonyl (C=O) groups is 10. The van der Waals surface area contributed by atoms with Gasteiger partial charge in [-0.3, -0.25) is 47.9 Å². The summed E-state index contributed by atoms with van der Waals surface area (Å²) in [5, 5.41) is 44.2. The van der Waals surface area contributed by atoms with E-state index in [4.69, 9.17) is 17.2 Å². The van der Waals surface area contributed by atoms with Gasteiger partial charge in [-0.2, -0.15) is 0 Å². The van der Waals surface area contributed by atoms with Crippen LogP contribution in [0.25, 0.3) is 0 Å². The summed E-state index contributed by atoms with van der Waals surface area (Å²) in [4.78, 5) is 138. The van der Waals surface area contributed by atoms with Crippen molar-refractivity contribution in [1.29, 1.82) is 0 Å². The molecule has 1 aromatic rings. The van der Waals surface area contributed by atoms with Gasteiger partial charge < -0.3 is 75.3 Å². The number of ketones is 1. The molecule has 0 spiro atoms. The zero-order valence-corrected chi connectivity index (χ0v) is 43.2. The van der Waals surface area contributed by atoms with Crippen LogP contribution in [0.15, 0.2) is 66.3 Å². The fourth-order valence-corrected chi connectivity index (χ4v) is 8.11. The second kappa shape index (κ2) is 32.4. The molecule has 24 nitrogen and oxygen atoms in total. The standard InChI is InChI=1S/C51H78N12O12/c1-5-33(26-32-13-9-10-14-34(66)16-15-32)43(67)62-41(28-64)50(74)59-38-20-24-55-51(75)42(30(4)65)63-47(71)37(19-23-54)57-44(68)35(17-21-52)58-48(72)39(25-29(2)3)60-49(73)40(27-31-11-7-6-8-12-31)61-45(69)36(18-22-53)56-46(38)70/h6-14,26,29-30,33,35-42,64-65H,5,15-25,27-28,52-54H2,1-4H3,(H,55,75)(H,56,70)(H,57,68)(H,58,72)(H,59,74)(H,60,73)(H,61,69)(H,62,67)(H,63,71)/b13-9-,14-10+,32-26-/t30-,33?,35+,36+,37+,38+,39+,40-,41-,42+/m1/s1. The van der Waals surface area contributed by atoms with Crippen molar-refractivity contribution in [3.05, 3.63) is 71.8 Å². The minimum absolute atomic E-state index is 0.0667. The maximum Gasteiger partial charge on any atom is 0.245 e. The molecule has 1 fully saturated rings. The molecule has 0 radical (unpaired) electrons. The van der Waals surface area contributed by atoms with E-state index in [2.05, 4.69) is 47.9 Å². The van der Waals surface area contributed by atoms with Crippen LogP contribution in [-0.2, 0) is 54.4 Å². The van der Waals surface area contributed by atoms with Gasteiger partial charge in [-0.15, -0.1) is 0 Å². The van der Waals surface area contributed by atoms with Gasteiger partial charge in [0.15, 0.2) is 5.78 Å². The van der Waals surface area contributed by atoms with Gasteiger partial charge in [-0.1, -0.05) is 81.0 Å². The summed E-state index contributed by atoms with van der Waals surface area (Å²) in [6, 6.07) is -3.08. The summed E-state index contributed by atoms with van der Waals surface area (Å²) in [7, 11) is 0. The lowest BCUT2D eigenvalue weighted by Crippen LogP contribution is -2.61. The van der Waals surface area contributed by atoms with E-state index in [0.717, 1.165) is 0 Å². The van der Waals surface area contributed by atoms with E-state index in [1.165, 1.54) is 13.0 Å². The van der Waals surface area contributed by atoms with Crippen LogP contribution in [0.1, 0.15) is 84.6 Å². The molecule has 75 heavy (non-hydrogen) atoms. The average molecular weight is 1050 g/mol. The molecular weight excluding hydrogens is 973 g/mol. The number of hydrogen-bond acceptors (Lipinski definition) is 15. The summed E-state index contributed by atoms with van der Waals surface area (Å²) in [5.41, 5.74) is 18.9. The Kier molecular flexibility index (Phi) is 27.0. The number of amides is 9. The van der Waals surface area contributed by atoms with Gasteiger partial charge >= 0.3 is 0 Å². The van der Waals surface area contributed by atoms with E-state index in [1.807, 2.05) is 0 Å². The molecule has 1 unspecified atom stereocenters. The van der Waals surface area contributed by atoms with Crippen molar-refractivity contribution in [1.82, 2.24) is 47.9 Å². The van der Waals surface area contributed by atoms with Crippen molar-refractivity contribution in [3.63, 3.8) is 0 Å². The van der Waals surface area contributed by atoms with Gasteiger partial charge in [-0.25, -0.2) is 0 Å². The first-order valence-electron chi connectivity index (χ1n) is 25.5. The van der Waals surface area contributed by atoms with Crippen molar-refractivity contribution in [2.45, 2.75) is 140 Å². The average Bonchev–Trinajstić information content (AvgIpc) is 3.36. The molecule has 1 saturated heterocycles. The Morgan fingerprint density at radius 2 is 1.20 bits per heavy atom. The topological polar surface area (TPSA) is 397 Å². The maximum atomic E-state index is 14.3. The highest BCUT2D eigenvalue weighted by atomic mass is 16.3. The zero-order valence-electron chi connectivity index (χ0n) is 43.2. The normalized spacial score (nSPS) is 25.8. The third-order valence-electron chi connectivity index (χ3n) is 12.3. The Labute approximate surface area is 437 Å². The van der Waals surface area contributed by atoms with Crippen LogP contribution in [0.4, 0.5) is 0 Å². The molecule has 10 atom stereocenters. The molecule has 9 amide bonds. The molecule has 17 N–H and O–H groups in total. The largest absolute Gasteiger partial charge is 0.394 e. The minimum Gasteiger partial charge on any atom is -0.394 e. The van der Waals surface area contributed by atoms with E-state index in [1.54, 1.807) is 75.4 Å². The van der Waals surface area contributed by atoms with Crippen LogP contribution in [0, 0.1) is 11.8 Å². The molecule has 1 aliphatic heterocycles. The molecule has 2 aliphatic rings. The van der Waals surface area contributed by atoms with Crippen molar-refractivity contribution >= 4 is 58.9 Å². The molecule has 24 heteroatoms. The minimum atomic E-state index is -1.65. The number of carbonyl (C=O) groups excluding carboxylic acids is 10. The quantitative estimate of drug-likeness (QED) is 0.0679. The third-order valence-corrected chi connectivity index (χ3v) is 12.3. The first kappa shape index (κ1) is 62.4. The van der Waals surface area contributed by atoms with Crippen LogP contribution in [-0.4, -0.2) is 156 Å². The van der Waals surface area contributed by atoms with Crippen LogP contribution < -0.4 is 65.1 Å². The van der Waals surface area contributed by atoms with Gasteiger partial charge in [0.25, 0.3) is 0 Å². The summed E-state index contributed by atoms with van der Waals surface area (Å²) in [6.07, 6.45) is 6.54. The Morgan fingerprint density at radius 3 is 1.75 bits per heavy atom. The second-order valence-electron chi connectivity index (χ2n) is 18.9. The van der Waals surface area contributed by atoms with Crippen LogP contribution in [0.5, 0.6) is 0 Å². The second-order valence-corrected chi connectivity index (χ2v) is 18.9. The van der Waals surface area contributed by atoms with Crippen LogP contribution in [0.2, 0.25) is 0 Å². The van der Waals surface area contributed by atoms with Crippen molar-refractivity contribution in [2.24, 2.45) is 29.0 Å². The molecule has 0 bridgehead atoms.